The van der Waals surface area contributed by atoms with E-state index in [0.29, 0.717) is 24.3 Å². The molecule has 26 heavy (non-hydrogen) atoms. The Morgan fingerprint density at radius 1 is 1.27 bits per heavy atom. The topological polar surface area (TPSA) is 118 Å². The number of rotatable bonds is 5. The number of aromatic amines is 2. The van der Waals surface area contributed by atoms with E-state index in [0.717, 1.165) is 54.0 Å². The van der Waals surface area contributed by atoms with E-state index < -0.39 is 0 Å². The number of nitrogens with zero attached hydrogens (tertiary/aromatic N) is 4. The number of hydrogen-bond donors (Lipinski definition) is 4. The summed E-state index contributed by atoms with van der Waals surface area (Å²) < 4.78 is 0. The number of fused-ring (bicyclic) bond motifs is 1. The van der Waals surface area contributed by atoms with Gasteiger partial charge in [0.25, 0.3) is 0 Å². The molecule has 3 heterocycles. The van der Waals surface area contributed by atoms with Gasteiger partial charge in [-0.15, -0.1) is 0 Å². The van der Waals surface area contributed by atoms with Gasteiger partial charge in [0.15, 0.2) is 5.82 Å². The third-order valence-electron chi connectivity index (χ3n) is 4.93. The Bertz CT molecular complexity index is 926. The minimum atomic E-state index is 0.345. The molecular formula is C18H22N8. The van der Waals surface area contributed by atoms with Crippen LogP contribution >= 0.6 is 0 Å². The van der Waals surface area contributed by atoms with Gasteiger partial charge in [-0.05, 0) is 44.6 Å². The van der Waals surface area contributed by atoms with Crippen LogP contribution in [-0.2, 0) is 0 Å². The molecular weight excluding hydrogens is 328 g/mol. The van der Waals surface area contributed by atoms with Crippen LogP contribution in [0.1, 0.15) is 37.8 Å². The molecule has 1 aliphatic carbocycles. The molecule has 3 aromatic heterocycles. The van der Waals surface area contributed by atoms with E-state index in [1.807, 2.05) is 25.3 Å². The molecule has 0 amide bonds. The van der Waals surface area contributed by atoms with E-state index in [2.05, 4.69) is 41.9 Å². The van der Waals surface area contributed by atoms with Crippen LogP contribution in [0.5, 0.6) is 0 Å². The summed E-state index contributed by atoms with van der Waals surface area (Å²) in [5.41, 5.74) is 1.77. The molecule has 1 fully saturated rings. The average molecular weight is 350 g/mol. The predicted octanol–water partition coefficient (Wildman–Crippen LogP) is 3.62. The Labute approximate surface area is 151 Å². The number of hydrogen-bond acceptors (Lipinski definition) is 6. The molecule has 4 N–H and O–H groups in total. The highest BCUT2D eigenvalue weighted by molar-refractivity contribution is 5.89. The second kappa shape index (κ2) is 7.04. The zero-order valence-corrected chi connectivity index (χ0v) is 14.7. The molecule has 0 aromatic carbocycles. The summed E-state index contributed by atoms with van der Waals surface area (Å²) in [5.74, 6) is 2.60. The highest BCUT2D eigenvalue weighted by Crippen LogP contribution is 2.29. The number of aryl methyl sites for hydroxylation is 1. The third kappa shape index (κ3) is 3.47. The SMILES string of the molecule is Cc1cc(Nc2nc(N[C@H]3CC[C@@H](CC#N)CC3)nc3[nH]ccc23)n[nH]1. The summed E-state index contributed by atoms with van der Waals surface area (Å²) in [6.07, 6.45) is 6.76. The molecule has 0 aliphatic heterocycles. The second-order valence-corrected chi connectivity index (χ2v) is 6.92. The van der Waals surface area contributed by atoms with E-state index in [1.54, 1.807) is 0 Å². The molecule has 1 aliphatic rings. The Balaban J connectivity index is 1.52. The maximum atomic E-state index is 8.85. The van der Waals surface area contributed by atoms with Crippen LogP contribution in [0.15, 0.2) is 18.3 Å². The maximum absolute atomic E-state index is 8.85. The van der Waals surface area contributed by atoms with E-state index >= 15 is 0 Å². The fourth-order valence-corrected chi connectivity index (χ4v) is 3.53. The van der Waals surface area contributed by atoms with Crippen LogP contribution in [0.3, 0.4) is 0 Å². The summed E-state index contributed by atoms with van der Waals surface area (Å²) in [4.78, 5) is 12.4. The first-order chi connectivity index (χ1) is 12.7. The van der Waals surface area contributed by atoms with Crippen molar-refractivity contribution in [3.63, 3.8) is 0 Å². The molecule has 0 saturated heterocycles. The largest absolute Gasteiger partial charge is 0.351 e. The lowest BCUT2D eigenvalue weighted by atomic mass is 9.84. The normalized spacial score (nSPS) is 20.0. The molecule has 0 radical (unpaired) electrons. The Kier molecular flexibility index (Phi) is 4.44. The summed E-state index contributed by atoms with van der Waals surface area (Å²) in [7, 11) is 0. The van der Waals surface area contributed by atoms with Crippen LogP contribution < -0.4 is 10.6 Å². The highest BCUT2D eigenvalue weighted by atomic mass is 15.2. The summed E-state index contributed by atoms with van der Waals surface area (Å²) in [6, 6.07) is 6.52. The first kappa shape index (κ1) is 16.4. The van der Waals surface area contributed by atoms with Crippen LogP contribution in [0.25, 0.3) is 11.0 Å². The summed E-state index contributed by atoms with van der Waals surface area (Å²) in [5, 5.41) is 23.6. The zero-order chi connectivity index (χ0) is 17.9. The van der Waals surface area contributed by atoms with Gasteiger partial charge in [0.1, 0.15) is 11.5 Å². The van der Waals surface area contributed by atoms with Gasteiger partial charge in [-0.2, -0.15) is 20.3 Å². The number of H-pyrrole nitrogens is 2. The van der Waals surface area contributed by atoms with Gasteiger partial charge in [-0.3, -0.25) is 5.10 Å². The second-order valence-electron chi connectivity index (χ2n) is 6.92. The van der Waals surface area contributed by atoms with E-state index in [4.69, 9.17) is 5.26 Å². The third-order valence-corrected chi connectivity index (χ3v) is 4.93. The van der Waals surface area contributed by atoms with E-state index in [9.17, 15) is 0 Å². The van der Waals surface area contributed by atoms with Crippen molar-refractivity contribution in [3.05, 3.63) is 24.0 Å². The van der Waals surface area contributed by atoms with Crippen molar-refractivity contribution in [2.45, 2.75) is 45.1 Å². The van der Waals surface area contributed by atoms with Crippen molar-refractivity contribution in [2.24, 2.45) is 5.92 Å². The number of anilines is 3. The lowest BCUT2D eigenvalue weighted by molar-refractivity contribution is 0.342. The Hall–Kier alpha value is -3.08. The Morgan fingerprint density at radius 2 is 2.12 bits per heavy atom. The molecule has 0 atom stereocenters. The smallest absolute Gasteiger partial charge is 0.226 e. The average Bonchev–Trinajstić information content (AvgIpc) is 3.26. The van der Waals surface area contributed by atoms with Crippen molar-refractivity contribution in [2.75, 3.05) is 10.6 Å². The molecule has 8 nitrogen and oxygen atoms in total. The lowest BCUT2D eigenvalue weighted by Crippen LogP contribution is -2.27. The van der Waals surface area contributed by atoms with Gasteiger partial charge in [0, 0.05) is 30.4 Å². The quantitative estimate of drug-likeness (QED) is 0.558. The molecule has 0 unspecified atom stereocenters. The molecule has 8 heteroatoms. The Morgan fingerprint density at radius 3 is 2.85 bits per heavy atom. The first-order valence-electron chi connectivity index (χ1n) is 8.99. The van der Waals surface area contributed by atoms with Gasteiger partial charge in [0.05, 0.1) is 11.5 Å². The van der Waals surface area contributed by atoms with Crippen LogP contribution in [0.2, 0.25) is 0 Å². The van der Waals surface area contributed by atoms with Gasteiger partial charge >= 0.3 is 0 Å². The number of nitriles is 1. The fourth-order valence-electron chi connectivity index (χ4n) is 3.53. The van der Waals surface area contributed by atoms with Crippen LogP contribution in [-0.4, -0.2) is 31.2 Å². The van der Waals surface area contributed by atoms with Gasteiger partial charge in [-0.25, -0.2) is 0 Å². The van der Waals surface area contributed by atoms with Gasteiger partial charge in [-0.1, -0.05) is 0 Å². The molecule has 4 rings (SSSR count). The highest BCUT2D eigenvalue weighted by Gasteiger charge is 2.22. The minimum Gasteiger partial charge on any atom is -0.351 e. The minimum absolute atomic E-state index is 0.345. The van der Waals surface area contributed by atoms with E-state index in [-0.39, 0.29) is 0 Å². The number of aromatic nitrogens is 5. The molecule has 1 saturated carbocycles. The predicted molar refractivity (Wildman–Crippen MR) is 100 cm³/mol. The lowest BCUT2D eigenvalue weighted by Gasteiger charge is -2.27. The maximum Gasteiger partial charge on any atom is 0.226 e. The first-order valence-corrected chi connectivity index (χ1v) is 8.99. The van der Waals surface area contributed by atoms with Crippen molar-refractivity contribution < 1.29 is 0 Å². The van der Waals surface area contributed by atoms with Crippen molar-refractivity contribution in [1.82, 2.24) is 25.1 Å². The molecule has 134 valence electrons. The standard InChI is InChI=1S/C18H22N8/c1-11-10-15(26-25-11)22-17-14-7-9-20-16(14)23-18(24-17)21-13-4-2-12(3-5-13)6-8-19/h7,9-10,12-13H,2-6H2,1H3,(H4,20,21,22,23,24,25,26)/t12-,13+. The molecule has 0 bridgehead atoms. The van der Waals surface area contributed by atoms with Gasteiger partial charge in [0.2, 0.25) is 5.95 Å². The van der Waals surface area contributed by atoms with Crippen molar-refractivity contribution in [1.29, 1.82) is 5.26 Å². The van der Waals surface area contributed by atoms with Crippen molar-refractivity contribution in [3.8, 4) is 6.07 Å². The van der Waals surface area contributed by atoms with Crippen molar-refractivity contribution >= 4 is 28.6 Å². The van der Waals surface area contributed by atoms with E-state index in [1.165, 1.54) is 0 Å². The summed E-state index contributed by atoms with van der Waals surface area (Å²) in [6.45, 7) is 1.96. The monoisotopic (exact) mass is 350 g/mol. The molecule has 0 spiro atoms. The summed E-state index contributed by atoms with van der Waals surface area (Å²) >= 11 is 0. The van der Waals surface area contributed by atoms with Crippen LogP contribution in [0.4, 0.5) is 17.6 Å². The zero-order valence-electron chi connectivity index (χ0n) is 14.7. The van der Waals surface area contributed by atoms with Gasteiger partial charge < -0.3 is 15.6 Å². The molecule has 3 aromatic rings. The fraction of sp³-hybridized carbons (Fsp3) is 0.444. The number of nitrogens with one attached hydrogen (secondary N) is 4. The van der Waals surface area contributed by atoms with Crippen LogP contribution in [0, 0.1) is 24.2 Å².